The maximum absolute atomic E-state index is 8.49. The Morgan fingerprint density at radius 1 is 0.833 bits per heavy atom. The lowest BCUT2D eigenvalue weighted by Gasteiger charge is -2.23. The lowest BCUT2D eigenvalue weighted by Crippen LogP contribution is -2.78. The van der Waals surface area contributed by atoms with Gasteiger partial charge in [0, 0.05) is 0 Å². The van der Waals surface area contributed by atoms with Crippen LogP contribution >= 0.6 is 0 Å². The highest BCUT2D eigenvalue weighted by Crippen LogP contribution is 2.00. The van der Waals surface area contributed by atoms with Crippen LogP contribution in [0.25, 0.3) is 0 Å². The predicted molar refractivity (Wildman–Crippen MR) is 57.7 cm³/mol. The van der Waals surface area contributed by atoms with E-state index in [1.807, 2.05) is 7.05 Å². The number of halogens is 1. The third-order valence-corrected chi connectivity index (χ3v) is 1.25. The molecule has 0 aliphatic heterocycles. The Kier molecular flexibility index (Phi) is 7.79. The second-order valence-electron chi connectivity index (χ2n) is 5.75. The zero-order chi connectivity index (χ0) is 15.2. The Labute approximate surface area is 111 Å². The first-order valence-electron chi connectivity index (χ1n) is 5.37. The third kappa shape index (κ3) is 24.6. The molecule has 0 aromatic heterocycles. The number of rotatable bonds is 0. The topological polar surface area (TPSA) is 130 Å². The van der Waals surface area contributed by atoms with Gasteiger partial charge in [0.15, 0.2) is 0 Å². The Morgan fingerprint density at radius 2 is 1.06 bits per heavy atom. The molecule has 0 aromatic rings. The van der Waals surface area contributed by atoms with Gasteiger partial charge < -0.3 is 0 Å². The summed E-state index contributed by atoms with van der Waals surface area (Å²) in [4.78, 5) is 3.11. The Bertz CT molecular complexity index is 240. The molecule has 0 spiro atoms. The van der Waals surface area contributed by atoms with E-state index in [2.05, 4.69) is 57.2 Å². The maximum atomic E-state index is 8.49. The van der Waals surface area contributed by atoms with Crippen molar-refractivity contribution in [3.63, 3.8) is 0 Å². The average molecular weight is 286 g/mol. The summed E-state index contributed by atoms with van der Waals surface area (Å²) in [5.41, 5.74) is 0.160. The van der Waals surface area contributed by atoms with Crippen molar-refractivity contribution in [3.8, 4) is 0 Å². The van der Waals surface area contributed by atoms with Gasteiger partial charge in [0.05, 0.1) is 18.1 Å². The normalized spacial score (nSPS) is 12.2. The molecule has 0 aliphatic carbocycles. The highest BCUT2D eigenvalue weighted by molar-refractivity contribution is 5.75. The van der Waals surface area contributed by atoms with Crippen molar-refractivity contribution in [1.29, 1.82) is 0 Å². The molecular weight excluding hydrogens is 262 g/mol. The zero-order valence-electron chi connectivity index (χ0n) is 12.0. The van der Waals surface area contributed by atoms with Crippen LogP contribution in [0.4, 0.5) is 0 Å². The van der Waals surface area contributed by atoms with E-state index in [1.165, 1.54) is 0 Å². The predicted octanol–water partition coefficient (Wildman–Crippen LogP) is -4.93. The standard InChI is InChI=1S/C10H23N3.ClHO4/c1-9(2,3)12-8(11-7)13-10(4,5)6;2-1(3,4)5/h1-7H3,(H2,11,12,13);(H,2,3,4,5). The van der Waals surface area contributed by atoms with Crippen LogP contribution < -0.4 is 34.3 Å². The van der Waals surface area contributed by atoms with E-state index in [4.69, 9.17) is 18.6 Å². The van der Waals surface area contributed by atoms with Crippen molar-refractivity contribution in [2.24, 2.45) is 0 Å². The van der Waals surface area contributed by atoms with Crippen LogP contribution in [-0.2, 0) is 0 Å². The van der Waals surface area contributed by atoms with E-state index in [0.29, 0.717) is 0 Å². The van der Waals surface area contributed by atoms with Crippen molar-refractivity contribution < 1.29 is 33.9 Å². The van der Waals surface area contributed by atoms with Gasteiger partial charge in [0.1, 0.15) is 0 Å². The number of hydrogen-bond donors (Lipinski definition) is 3. The first-order valence-corrected chi connectivity index (χ1v) is 6.60. The van der Waals surface area contributed by atoms with Gasteiger partial charge in [-0.25, -0.2) is 18.6 Å². The Balaban J connectivity index is 0. The first-order chi connectivity index (χ1) is 7.64. The summed E-state index contributed by atoms with van der Waals surface area (Å²) in [5.74, 6) is 0.972. The zero-order valence-corrected chi connectivity index (χ0v) is 12.8. The summed E-state index contributed by atoms with van der Waals surface area (Å²) >= 11 is 0. The molecule has 0 amide bonds. The summed E-state index contributed by atoms with van der Waals surface area (Å²) in [6.45, 7) is 12.8. The molecule has 3 N–H and O–H groups in total. The third-order valence-electron chi connectivity index (χ3n) is 1.25. The summed E-state index contributed by atoms with van der Waals surface area (Å²) in [6.07, 6.45) is 0. The van der Waals surface area contributed by atoms with Gasteiger partial charge in [0.25, 0.3) is 0 Å². The molecule has 8 heteroatoms. The average Bonchev–Trinajstić information content (AvgIpc) is 1.93. The molecular formula is C10H24ClN3O4. The molecule has 110 valence electrons. The Hall–Kier alpha value is -0.600. The minimum absolute atomic E-state index is 0.0800. The van der Waals surface area contributed by atoms with Crippen LogP contribution in [0.2, 0.25) is 0 Å². The van der Waals surface area contributed by atoms with Crippen molar-refractivity contribution >= 4 is 5.96 Å². The van der Waals surface area contributed by atoms with Crippen LogP contribution in [0.15, 0.2) is 0 Å². The maximum Gasteiger partial charge on any atom is 0.344 e. The van der Waals surface area contributed by atoms with E-state index in [0.717, 1.165) is 5.96 Å². The molecule has 0 fully saturated rings. The smallest absolute Gasteiger partial charge is 0.281 e. The van der Waals surface area contributed by atoms with Gasteiger partial charge in [-0.2, -0.15) is 0 Å². The summed E-state index contributed by atoms with van der Waals surface area (Å²) in [5, 5.41) is 6.71. The largest absolute Gasteiger partial charge is 0.344 e. The van der Waals surface area contributed by atoms with Crippen molar-refractivity contribution in [3.05, 3.63) is 0 Å². The van der Waals surface area contributed by atoms with Crippen LogP contribution in [0, 0.1) is 10.2 Å². The van der Waals surface area contributed by atoms with Crippen molar-refractivity contribution in [2.75, 3.05) is 7.05 Å². The molecule has 18 heavy (non-hydrogen) atoms. The second kappa shape index (κ2) is 7.10. The molecule has 0 bridgehead atoms. The lowest BCUT2D eigenvalue weighted by atomic mass is 10.1. The van der Waals surface area contributed by atoms with Crippen LogP contribution in [0.5, 0.6) is 0 Å². The highest BCUT2D eigenvalue weighted by atomic mass is 35.7. The quantitative estimate of drug-likeness (QED) is 0.302. The van der Waals surface area contributed by atoms with Gasteiger partial charge in [-0.3, -0.25) is 15.6 Å². The van der Waals surface area contributed by atoms with Crippen molar-refractivity contribution in [1.82, 2.24) is 10.6 Å². The lowest BCUT2D eigenvalue weighted by molar-refractivity contribution is -2.00. The summed E-state index contributed by atoms with van der Waals surface area (Å²) < 4.78 is 34.0. The number of nitrogens with one attached hydrogen (secondary N) is 3. The molecule has 7 nitrogen and oxygen atoms in total. The minimum Gasteiger partial charge on any atom is -0.281 e. The first kappa shape index (κ1) is 19.7. The molecule has 0 atom stereocenters. The fraction of sp³-hybridized carbons (Fsp3) is 0.900. The van der Waals surface area contributed by atoms with Gasteiger partial charge in [0.2, 0.25) is 0 Å². The molecule has 0 aromatic carbocycles. The second-order valence-corrected chi connectivity index (χ2v) is 6.51. The fourth-order valence-electron chi connectivity index (χ4n) is 0.906. The van der Waals surface area contributed by atoms with Gasteiger partial charge in [-0.15, -0.1) is 10.2 Å². The molecule has 0 rings (SSSR count). The fourth-order valence-corrected chi connectivity index (χ4v) is 0.906. The van der Waals surface area contributed by atoms with Crippen molar-refractivity contribution in [2.45, 2.75) is 52.6 Å². The van der Waals surface area contributed by atoms with Gasteiger partial charge in [-0.1, -0.05) is 0 Å². The minimum atomic E-state index is -4.94. The molecule has 0 saturated heterocycles. The van der Waals surface area contributed by atoms with Crippen LogP contribution in [0.3, 0.4) is 0 Å². The SMILES string of the molecule is C[NH+]=C(NC(C)(C)C)NC(C)(C)C.[O-][Cl+3]([O-])([O-])[O-]. The van der Waals surface area contributed by atoms with Crippen LogP contribution in [-0.4, -0.2) is 24.1 Å². The van der Waals surface area contributed by atoms with E-state index in [-0.39, 0.29) is 11.1 Å². The molecule has 0 radical (unpaired) electrons. The van der Waals surface area contributed by atoms with Gasteiger partial charge >= 0.3 is 5.96 Å². The summed E-state index contributed by atoms with van der Waals surface area (Å²) in [6, 6.07) is 0. The molecule has 0 saturated carbocycles. The number of guanidine groups is 1. The van der Waals surface area contributed by atoms with E-state index < -0.39 is 10.2 Å². The van der Waals surface area contributed by atoms with E-state index >= 15 is 0 Å². The highest BCUT2D eigenvalue weighted by Gasteiger charge is 2.22. The number of hydrogen-bond acceptors (Lipinski definition) is 4. The van der Waals surface area contributed by atoms with Crippen LogP contribution in [0.1, 0.15) is 41.5 Å². The molecule has 0 heterocycles. The van der Waals surface area contributed by atoms with Gasteiger partial charge in [-0.05, 0) is 41.5 Å². The summed E-state index contributed by atoms with van der Waals surface area (Å²) in [7, 11) is -3.03. The monoisotopic (exact) mass is 285 g/mol. The molecule has 0 unspecified atom stereocenters. The molecule has 0 aliphatic rings. The van der Waals surface area contributed by atoms with E-state index in [9.17, 15) is 0 Å². The van der Waals surface area contributed by atoms with E-state index in [1.54, 1.807) is 0 Å². The Morgan fingerprint density at radius 3 is 1.17 bits per heavy atom.